The summed E-state index contributed by atoms with van der Waals surface area (Å²) in [7, 11) is 2.06. The molecule has 0 bridgehead atoms. The van der Waals surface area contributed by atoms with Crippen molar-refractivity contribution < 1.29 is 4.52 Å². The van der Waals surface area contributed by atoms with Crippen molar-refractivity contribution in [2.45, 2.75) is 12.5 Å². The predicted octanol–water partition coefficient (Wildman–Crippen LogP) is 2.54. The van der Waals surface area contributed by atoms with Crippen LogP contribution in [0.3, 0.4) is 0 Å². The first kappa shape index (κ1) is 14.8. The van der Waals surface area contributed by atoms with Gasteiger partial charge >= 0.3 is 0 Å². The molecule has 2 aromatic rings. The maximum Gasteiger partial charge on any atom is 0.231 e. The molecule has 1 unspecified atom stereocenters. The fourth-order valence-electron chi connectivity index (χ4n) is 2.42. The summed E-state index contributed by atoms with van der Waals surface area (Å²) in [6.45, 7) is 2.76. The monoisotopic (exact) mass is 326 g/mol. The molecule has 1 saturated heterocycles. The van der Waals surface area contributed by atoms with Gasteiger partial charge in [-0.1, -0.05) is 34.4 Å². The second-order valence-electron chi connectivity index (χ2n) is 5.12. The standard InChI is InChI=1S/C14H16Cl2N4O/c1-20-6-5-17-8-12(20)14-18-13(21-19-14)7-9-10(15)3-2-4-11(9)16/h2-4,12,17H,5-8H2,1H3. The zero-order valence-electron chi connectivity index (χ0n) is 11.6. The Kier molecular flexibility index (Phi) is 4.45. The van der Waals surface area contributed by atoms with Gasteiger partial charge in [0.05, 0.1) is 12.5 Å². The van der Waals surface area contributed by atoms with E-state index in [1.165, 1.54) is 0 Å². The molecular formula is C14H16Cl2N4O. The maximum atomic E-state index is 6.17. The molecule has 5 nitrogen and oxygen atoms in total. The highest BCUT2D eigenvalue weighted by atomic mass is 35.5. The van der Waals surface area contributed by atoms with Crippen molar-refractivity contribution in [3.8, 4) is 0 Å². The minimum absolute atomic E-state index is 0.137. The molecule has 1 fully saturated rings. The first-order valence-corrected chi connectivity index (χ1v) is 7.57. The Morgan fingerprint density at radius 3 is 2.86 bits per heavy atom. The number of rotatable bonds is 3. The molecular weight excluding hydrogens is 311 g/mol. The quantitative estimate of drug-likeness (QED) is 0.939. The molecule has 1 aromatic heterocycles. The largest absolute Gasteiger partial charge is 0.339 e. The zero-order valence-corrected chi connectivity index (χ0v) is 13.2. The number of nitrogens with zero attached hydrogens (tertiary/aromatic N) is 3. The van der Waals surface area contributed by atoms with E-state index in [4.69, 9.17) is 27.7 Å². The molecule has 0 spiro atoms. The zero-order chi connectivity index (χ0) is 14.8. The van der Waals surface area contributed by atoms with Gasteiger partial charge in [-0.15, -0.1) is 0 Å². The average Bonchev–Trinajstić information content (AvgIpc) is 2.92. The third kappa shape index (κ3) is 3.21. The lowest BCUT2D eigenvalue weighted by Gasteiger charge is -2.30. The lowest BCUT2D eigenvalue weighted by molar-refractivity contribution is 0.190. The molecule has 7 heteroatoms. The van der Waals surface area contributed by atoms with Crippen molar-refractivity contribution in [1.82, 2.24) is 20.4 Å². The van der Waals surface area contributed by atoms with Crippen LogP contribution >= 0.6 is 23.2 Å². The molecule has 1 aliphatic rings. The molecule has 1 N–H and O–H groups in total. The van der Waals surface area contributed by atoms with Crippen LogP contribution in [0.4, 0.5) is 0 Å². The smallest absolute Gasteiger partial charge is 0.231 e. The van der Waals surface area contributed by atoms with Crippen molar-refractivity contribution >= 4 is 23.2 Å². The summed E-state index contributed by atoms with van der Waals surface area (Å²) in [5.74, 6) is 1.22. The second kappa shape index (κ2) is 6.32. The molecule has 0 saturated carbocycles. The van der Waals surface area contributed by atoms with Gasteiger partial charge in [-0.2, -0.15) is 4.98 Å². The number of benzene rings is 1. The SMILES string of the molecule is CN1CCNCC1c1noc(Cc2c(Cl)cccc2Cl)n1. The van der Waals surface area contributed by atoms with E-state index in [-0.39, 0.29) is 6.04 Å². The number of nitrogens with one attached hydrogen (secondary N) is 1. The molecule has 3 rings (SSSR count). The fourth-order valence-corrected chi connectivity index (χ4v) is 2.95. The molecule has 112 valence electrons. The van der Waals surface area contributed by atoms with Gasteiger partial charge in [0.1, 0.15) is 0 Å². The van der Waals surface area contributed by atoms with E-state index in [1.54, 1.807) is 12.1 Å². The highest BCUT2D eigenvalue weighted by Gasteiger charge is 2.25. The van der Waals surface area contributed by atoms with Crippen LogP contribution < -0.4 is 5.32 Å². The van der Waals surface area contributed by atoms with Crippen molar-refractivity contribution in [2.24, 2.45) is 0 Å². The minimum Gasteiger partial charge on any atom is -0.339 e. The average molecular weight is 327 g/mol. The Morgan fingerprint density at radius 2 is 2.14 bits per heavy atom. The maximum absolute atomic E-state index is 6.17. The molecule has 0 radical (unpaired) electrons. The lowest BCUT2D eigenvalue weighted by atomic mass is 10.1. The third-order valence-corrected chi connectivity index (χ3v) is 4.39. The van der Waals surface area contributed by atoms with Crippen LogP contribution in [0, 0.1) is 0 Å². The topological polar surface area (TPSA) is 54.2 Å². The van der Waals surface area contributed by atoms with Crippen LogP contribution in [0.1, 0.15) is 23.3 Å². The molecule has 2 heterocycles. The van der Waals surface area contributed by atoms with Crippen molar-refractivity contribution in [2.75, 3.05) is 26.7 Å². The molecule has 1 aromatic carbocycles. The van der Waals surface area contributed by atoms with Crippen molar-refractivity contribution in [1.29, 1.82) is 0 Å². The van der Waals surface area contributed by atoms with Crippen LogP contribution in [0.5, 0.6) is 0 Å². The van der Waals surface area contributed by atoms with Gasteiger partial charge < -0.3 is 9.84 Å². The first-order valence-electron chi connectivity index (χ1n) is 6.81. The summed E-state index contributed by atoms with van der Waals surface area (Å²) in [4.78, 5) is 6.70. The number of hydrogen-bond acceptors (Lipinski definition) is 5. The normalized spacial score (nSPS) is 19.9. The Balaban J connectivity index is 1.79. The van der Waals surface area contributed by atoms with Crippen LogP contribution in [0.15, 0.2) is 22.7 Å². The van der Waals surface area contributed by atoms with Crippen molar-refractivity contribution in [3.05, 3.63) is 45.5 Å². The number of halogens is 2. The summed E-state index contributed by atoms with van der Waals surface area (Å²) in [5.41, 5.74) is 0.811. The van der Waals surface area contributed by atoms with E-state index < -0.39 is 0 Å². The summed E-state index contributed by atoms with van der Waals surface area (Å²) in [6.07, 6.45) is 0.440. The van der Waals surface area contributed by atoms with Crippen LogP contribution in [-0.2, 0) is 6.42 Å². The summed E-state index contributed by atoms with van der Waals surface area (Å²) < 4.78 is 5.35. The number of hydrogen-bond donors (Lipinski definition) is 1. The van der Waals surface area contributed by atoms with Crippen LogP contribution in [0.25, 0.3) is 0 Å². The Bertz CT molecular complexity index is 611. The van der Waals surface area contributed by atoms with E-state index in [9.17, 15) is 0 Å². The van der Waals surface area contributed by atoms with Gasteiger partial charge in [-0.3, -0.25) is 4.90 Å². The summed E-state index contributed by atoms with van der Waals surface area (Å²) in [5, 5.41) is 8.65. The van der Waals surface area contributed by atoms with Gasteiger partial charge in [0.25, 0.3) is 0 Å². The van der Waals surface area contributed by atoms with E-state index in [0.717, 1.165) is 25.2 Å². The van der Waals surface area contributed by atoms with E-state index in [0.29, 0.717) is 28.2 Å². The number of piperazine rings is 1. The van der Waals surface area contributed by atoms with Gasteiger partial charge in [0.15, 0.2) is 5.82 Å². The van der Waals surface area contributed by atoms with Gasteiger partial charge in [0.2, 0.25) is 5.89 Å². The van der Waals surface area contributed by atoms with Gasteiger partial charge in [0, 0.05) is 29.7 Å². The summed E-state index contributed by atoms with van der Waals surface area (Å²) in [6, 6.07) is 5.56. The number of likely N-dealkylation sites (N-methyl/N-ethyl adjacent to an activating group) is 1. The fraction of sp³-hybridized carbons (Fsp3) is 0.429. The number of aromatic nitrogens is 2. The third-order valence-electron chi connectivity index (χ3n) is 3.68. The van der Waals surface area contributed by atoms with Crippen LogP contribution in [0.2, 0.25) is 10.0 Å². The Labute approximate surface area is 133 Å². The second-order valence-corrected chi connectivity index (χ2v) is 5.94. The van der Waals surface area contributed by atoms with E-state index in [2.05, 4.69) is 27.4 Å². The van der Waals surface area contributed by atoms with Crippen molar-refractivity contribution in [3.63, 3.8) is 0 Å². The lowest BCUT2D eigenvalue weighted by Crippen LogP contribution is -2.44. The molecule has 21 heavy (non-hydrogen) atoms. The van der Waals surface area contributed by atoms with E-state index in [1.807, 2.05) is 6.07 Å². The predicted molar refractivity (Wildman–Crippen MR) is 81.8 cm³/mol. The first-order chi connectivity index (χ1) is 10.1. The molecule has 0 amide bonds. The highest BCUT2D eigenvalue weighted by Crippen LogP contribution is 2.27. The van der Waals surface area contributed by atoms with Gasteiger partial charge in [-0.25, -0.2) is 0 Å². The van der Waals surface area contributed by atoms with Gasteiger partial charge in [-0.05, 0) is 24.7 Å². The molecule has 1 aliphatic heterocycles. The minimum atomic E-state index is 0.137. The molecule has 1 atom stereocenters. The highest BCUT2D eigenvalue weighted by molar-refractivity contribution is 6.36. The molecule has 0 aliphatic carbocycles. The Morgan fingerprint density at radius 1 is 1.38 bits per heavy atom. The summed E-state index contributed by atoms with van der Waals surface area (Å²) >= 11 is 12.3. The Hall–Kier alpha value is -1.14. The van der Waals surface area contributed by atoms with E-state index >= 15 is 0 Å². The van der Waals surface area contributed by atoms with Crippen LogP contribution in [-0.4, -0.2) is 41.7 Å².